The molecule has 0 unspecified atom stereocenters. The lowest BCUT2D eigenvalue weighted by atomic mass is 10.1. The summed E-state index contributed by atoms with van der Waals surface area (Å²) < 4.78 is 5.56. The topological polar surface area (TPSA) is 88.3 Å². The second-order valence-corrected chi connectivity index (χ2v) is 10.2. The van der Waals surface area contributed by atoms with E-state index in [0.29, 0.717) is 17.4 Å². The number of hydrogen-bond donors (Lipinski definition) is 1. The van der Waals surface area contributed by atoms with Crippen molar-refractivity contribution in [3.63, 3.8) is 0 Å². The highest BCUT2D eigenvalue weighted by atomic mass is 32.2. The minimum absolute atomic E-state index is 0.0670. The largest absolute Gasteiger partial charge is 0.334 e. The van der Waals surface area contributed by atoms with Gasteiger partial charge in [0.1, 0.15) is 0 Å². The molecule has 0 bridgehead atoms. The number of anilines is 2. The molecule has 2 heterocycles. The fourth-order valence-corrected chi connectivity index (χ4v) is 6.05. The van der Waals surface area contributed by atoms with Gasteiger partial charge in [0, 0.05) is 39.6 Å². The molecule has 6 rings (SSSR count). The summed E-state index contributed by atoms with van der Waals surface area (Å²) in [6.45, 7) is 1.47. The normalized spacial score (nSPS) is 15.4. The second kappa shape index (κ2) is 9.28. The van der Waals surface area contributed by atoms with Crippen molar-refractivity contribution >= 4 is 35.0 Å². The van der Waals surface area contributed by atoms with Gasteiger partial charge in [-0.3, -0.25) is 9.59 Å². The van der Waals surface area contributed by atoms with E-state index in [9.17, 15) is 9.59 Å². The van der Waals surface area contributed by atoms with Crippen molar-refractivity contribution in [2.75, 3.05) is 10.2 Å². The smallest absolute Gasteiger partial charge is 0.259 e. The van der Waals surface area contributed by atoms with Crippen LogP contribution in [0.25, 0.3) is 22.8 Å². The third-order valence-corrected chi connectivity index (χ3v) is 7.70. The maximum absolute atomic E-state index is 13.6. The summed E-state index contributed by atoms with van der Waals surface area (Å²) in [5.74, 6) is 0.757. The summed E-state index contributed by atoms with van der Waals surface area (Å²) in [5, 5.41) is 6.99. The lowest BCUT2D eigenvalue weighted by Crippen LogP contribution is -2.39. The van der Waals surface area contributed by atoms with Crippen molar-refractivity contribution in [2.45, 2.75) is 48.4 Å². The van der Waals surface area contributed by atoms with Gasteiger partial charge < -0.3 is 14.7 Å². The highest BCUT2D eigenvalue weighted by Gasteiger charge is 2.34. The predicted molar refractivity (Wildman–Crippen MR) is 139 cm³/mol. The monoisotopic (exact) mass is 496 g/mol. The fraction of sp³-hybridized carbons (Fsp3) is 0.214. The summed E-state index contributed by atoms with van der Waals surface area (Å²) in [5.41, 5.74) is 3.87. The molecular formula is C28H24N4O3S. The second-order valence-electron chi connectivity index (χ2n) is 9.08. The van der Waals surface area contributed by atoms with Gasteiger partial charge in [0.25, 0.3) is 11.8 Å². The standard InChI is InChI=1S/C28H24N4O3S/c1-17(33)29-20-8-6-7-19(15-20)27-30-26(31-35-27)18-13-14-23-25(16-18)36-24-12-5-4-11-22(24)28(34)32(23)21-9-2-3-10-21/h4-8,11-16,21H,2-3,9-10H2,1H3,(H,29,33). The Bertz CT molecular complexity index is 1480. The third kappa shape index (κ3) is 4.18. The van der Waals surface area contributed by atoms with E-state index in [-0.39, 0.29) is 17.9 Å². The van der Waals surface area contributed by atoms with Crippen LogP contribution in [0.3, 0.4) is 0 Å². The number of nitrogens with one attached hydrogen (secondary N) is 1. The van der Waals surface area contributed by atoms with Crippen molar-refractivity contribution in [1.29, 1.82) is 0 Å². The molecular weight excluding hydrogens is 472 g/mol. The molecule has 1 aliphatic carbocycles. The number of benzene rings is 3. The van der Waals surface area contributed by atoms with Gasteiger partial charge in [0.2, 0.25) is 11.7 Å². The first-order chi connectivity index (χ1) is 17.6. The number of carbonyl (C=O) groups is 2. The van der Waals surface area contributed by atoms with Crippen LogP contribution in [0.5, 0.6) is 0 Å². The Morgan fingerprint density at radius 1 is 1.00 bits per heavy atom. The summed E-state index contributed by atoms with van der Waals surface area (Å²) in [6, 6.07) is 21.3. The number of hydrogen-bond acceptors (Lipinski definition) is 6. The quantitative estimate of drug-likeness (QED) is 0.351. The molecule has 1 saturated carbocycles. The van der Waals surface area contributed by atoms with Crippen LogP contribution in [0, 0.1) is 0 Å². The highest BCUT2D eigenvalue weighted by molar-refractivity contribution is 7.99. The number of nitrogens with zero attached hydrogens (tertiary/aromatic N) is 3. The zero-order chi connectivity index (χ0) is 24.6. The number of aromatic nitrogens is 2. The Labute approximate surface area is 212 Å². The maximum atomic E-state index is 13.6. The minimum atomic E-state index is -0.146. The molecule has 36 heavy (non-hydrogen) atoms. The molecule has 0 atom stereocenters. The van der Waals surface area contributed by atoms with Crippen LogP contribution in [0.2, 0.25) is 0 Å². The van der Waals surface area contributed by atoms with Gasteiger partial charge in [-0.2, -0.15) is 4.98 Å². The Morgan fingerprint density at radius 2 is 1.83 bits per heavy atom. The van der Waals surface area contributed by atoms with Gasteiger partial charge in [-0.25, -0.2) is 0 Å². The molecule has 0 spiro atoms. The number of carbonyl (C=O) groups excluding carboxylic acids is 2. The van der Waals surface area contributed by atoms with E-state index in [1.165, 1.54) is 6.92 Å². The average molecular weight is 497 g/mol. The SMILES string of the molecule is CC(=O)Nc1cccc(-c2nc(-c3ccc4c(c3)Sc3ccccc3C(=O)N4C3CCCC3)no2)c1. The fourth-order valence-electron chi connectivity index (χ4n) is 4.94. The van der Waals surface area contributed by atoms with Gasteiger partial charge in [0.05, 0.1) is 11.3 Å². The predicted octanol–water partition coefficient (Wildman–Crippen LogP) is 6.42. The maximum Gasteiger partial charge on any atom is 0.259 e. The molecule has 2 amide bonds. The molecule has 180 valence electrons. The van der Waals surface area contributed by atoms with E-state index in [1.807, 2.05) is 59.5 Å². The summed E-state index contributed by atoms with van der Waals surface area (Å²) in [6.07, 6.45) is 4.33. The van der Waals surface area contributed by atoms with E-state index in [0.717, 1.165) is 57.9 Å². The van der Waals surface area contributed by atoms with E-state index in [4.69, 9.17) is 4.52 Å². The van der Waals surface area contributed by atoms with Gasteiger partial charge in [-0.05, 0) is 61.4 Å². The lowest BCUT2D eigenvalue weighted by molar-refractivity contribution is -0.114. The molecule has 2 aliphatic rings. The Kier molecular flexibility index (Phi) is 5.81. The molecule has 1 N–H and O–H groups in total. The molecule has 3 aromatic carbocycles. The summed E-state index contributed by atoms with van der Waals surface area (Å²) in [7, 11) is 0. The Balaban J connectivity index is 1.38. The highest BCUT2D eigenvalue weighted by Crippen LogP contribution is 2.45. The van der Waals surface area contributed by atoms with Crippen LogP contribution in [-0.2, 0) is 4.79 Å². The zero-order valence-electron chi connectivity index (χ0n) is 19.7. The van der Waals surface area contributed by atoms with Crippen molar-refractivity contribution in [3.05, 3.63) is 72.3 Å². The molecule has 4 aromatic rings. The average Bonchev–Trinajstić information content (AvgIpc) is 3.56. The summed E-state index contributed by atoms with van der Waals surface area (Å²) >= 11 is 1.60. The van der Waals surface area contributed by atoms with Crippen LogP contribution in [-0.4, -0.2) is 28.0 Å². The van der Waals surface area contributed by atoms with Gasteiger partial charge in [0.15, 0.2) is 0 Å². The molecule has 1 aliphatic heterocycles. The summed E-state index contributed by atoms with van der Waals surface area (Å²) in [4.78, 5) is 33.6. The zero-order valence-corrected chi connectivity index (χ0v) is 20.5. The van der Waals surface area contributed by atoms with Crippen LogP contribution in [0.4, 0.5) is 11.4 Å². The Morgan fingerprint density at radius 3 is 2.67 bits per heavy atom. The van der Waals surface area contributed by atoms with Crippen LogP contribution >= 0.6 is 11.8 Å². The lowest BCUT2D eigenvalue weighted by Gasteiger charge is -2.29. The van der Waals surface area contributed by atoms with Crippen LogP contribution in [0.15, 0.2) is 81.0 Å². The van der Waals surface area contributed by atoms with Gasteiger partial charge in [-0.15, -0.1) is 0 Å². The van der Waals surface area contributed by atoms with E-state index >= 15 is 0 Å². The molecule has 8 heteroatoms. The van der Waals surface area contributed by atoms with E-state index in [1.54, 1.807) is 23.9 Å². The molecule has 7 nitrogen and oxygen atoms in total. The van der Waals surface area contributed by atoms with Gasteiger partial charge in [-0.1, -0.05) is 48.0 Å². The molecule has 0 saturated heterocycles. The van der Waals surface area contributed by atoms with Crippen molar-refractivity contribution in [3.8, 4) is 22.8 Å². The van der Waals surface area contributed by atoms with Gasteiger partial charge >= 0.3 is 0 Å². The number of fused-ring (bicyclic) bond motifs is 2. The van der Waals surface area contributed by atoms with E-state index < -0.39 is 0 Å². The molecule has 0 radical (unpaired) electrons. The third-order valence-electron chi connectivity index (χ3n) is 6.58. The first kappa shape index (κ1) is 22.5. The molecule has 1 aromatic heterocycles. The minimum Gasteiger partial charge on any atom is -0.334 e. The van der Waals surface area contributed by atoms with Crippen molar-refractivity contribution < 1.29 is 14.1 Å². The van der Waals surface area contributed by atoms with Crippen molar-refractivity contribution in [2.24, 2.45) is 0 Å². The first-order valence-electron chi connectivity index (χ1n) is 12.0. The molecule has 1 fully saturated rings. The van der Waals surface area contributed by atoms with E-state index in [2.05, 4.69) is 15.5 Å². The van der Waals surface area contributed by atoms with Crippen molar-refractivity contribution in [1.82, 2.24) is 10.1 Å². The Hall–Kier alpha value is -3.91. The first-order valence-corrected chi connectivity index (χ1v) is 12.8. The van der Waals surface area contributed by atoms with Crippen LogP contribution in [0.1, 0.15) is 43.0 Å². The van der Waals surface area contributed by atoms with Crippen LogP contribution < -0.4 is 10.2 Å². The number of rotatable bonds is 4. The number of amides is 2.